The predicted octanol–water partition coefficient (Wildman–Crippen LogP) is 6.79. The van der Waals surface area contributed by atoms with Crippen LogP contribution in [0.4, 0.5) is 0 Å². The number of rotatable bonds is 4. The molecule has 0 aliphatic heterocycles. The van der Waals surface area contributed by atoms with Crippen LogP contribution in [-0.4, -0.2) is 10.00 Å². The molecule has 0 spiro atoms. The summed E-state index contributed by atoms with van der Waals surface area (Å²) in [6.45, 7) is 14.8. The van der Waals surface area contributed by atoms with Crippen LogP contribution in [-0.2, 0) is 0 Å². The van der Waals surface area contributed by atoms with Crippen LogP contribution in [0.1, 0.15) is 86.5 Å². The van der Waals surface area contributed by atoms with Crippen LogP contribution < -0.4 is 0 Å². The SMILES string of the molecule is CC1CCC(C(C)C)C(SC2(C)CCC(C(C)C)CC2)C1. The monoisotopic (exact) mass is 310 g/mol. The van der Waals surface area contributed by atoms with Gasteiger partial charge in [0.1, 0.15) is 0 Å². The second kappa shape index (κ2) is 7.28. The van der Waals surface area contributed by atoms with Gasteiger partial charge in [-0.1, -0.05) is 48.0 Å². The van der Waals surface area contributed by atoms with Crippen molar-refractivity contribution in [2.75, 3.05) is 0 Å². The first kappa shape index (κ1) is 17.7. The van der Waals surface area contributed by atoms with Gasteiger partial charge in [0.15, 0.2) is 0 Å². The molecular weight excluding hydrogens is 272 g/mol. The maximum atomic E-state index is 2.57. The van der Waals surface area contributed by atoms with Gasteiger partial charge >= 0.3 is 0 Å². The van der Waals surface area contributed by atoms with Crippen molar-refractivity contribution in [1.82, 2.24) is 0 Å². The summed E-state index contributed by atoms with van der Waals surface area (Å²) in [5.74, 6) is 4.66. The average molecular weight is 311 g/mol. The fourth-order valence-electron chi connectivity index (χ4n) is 4.65. The van der Waals surface area contributed by atoms with Crippen LogP contribution in [0.15, 0.2) is 0 Å². The highest BCUT2D eigenvalue weighted by molar-refractivity contribution is 8.01. The van der Waals surface area contributed by atoms with Crippen molar-refractivity contribution in [1.29, 1.82) is 0 Å². The van der Waals surface area contributed by atoms with Crippen molar-refractivity contribution in [3.05, 3.63) is 0 Å². The van der Waals surface area contributed by atoms with Gasteiger partial charge in [0.2, 0.25) is 0 Å². The normalized spacial score (nSPS) is 41.7. The highest BCUT2D eigenvalue weighted by atomic mass is 32.2. The summed E-state index contributed by atoms with van der Waals surface area (Å²) in [4.78, 5) is 0. The lowest BCUT2D eigenvalue weighted by Gasteiger charge is -2.45. The summed E-state index contributed by atoms with van der Waals surface area (Å²) in [7, 11) is 0. The lowest BCUT2D eigenvalue weighted by Crippen LogP contribution is -2.37. The molecule has 0 radical (unpaired) electrons. The summed E-state index contributed by atoms with van der Waals surface area (Å²) >= 11 is 2.40. The fraction of sp³-hybridized carbons (Fsp3) is 1.00. The zero-order valence-corrected chi connectivity index (χ0v) is 16.1. The van der Waals surface area contributed by atoms with Gasteiger partial charge in [0, 0.05) is 10.00 Å². The van der Waals surface area contributed by atoms with Crippen LogP contribution in [0.2, 0.25) is 0 Å². The molecule has 2 saturated carbocycles. The molecule has 21 heavy (non-hydrogen) atoms. The molecule has 124 valence electrons. The first-order chi connectivity index (χ1) is 9.81. The molecular formula is C20H38S. The standard InChI is InChI=1S/C20H38S/c1-14(2)17-9-11-20(6,12-10-17)21-19-13-16(5)7-8-18(19)15(3)4/h14-19H,7-13H2,1-6H3. The van der Waals surface area contributed by atoms with Gasteiger partial charge in [-0.25, -0.2) is 0 Å². The van der Waals surface area contributed by atoms with Crippen molar-refractivity contribution in [3.8, 4) is 0 Å². The van der Waals surface area contributed by atoms with Crippen molar-refractivity contribution in [3.63, 3.8) is 0 Å². The van der Waals surface area contributed by atoms with Crippen molar-refractivity contribution < 1.29 is 0 Å². The molecule has 0 nitrogen and oxygen atoms in total. The molecule has 1 heteroatoms. The molecule has 2 aliphatic carbocycles. The van der Waals surface area contributed by atoms with E-state index in [2.05, 4.69) is 53.3 Å². The Hall–Kier alpha value is 0.350. The van der Waals surface area contributed by atoms with Crippen LogP contribution in [0.3, 0.4) is 0 Å². The Morgan fingerprint density at radius 1 is 0.905 bits per heavy atom. The molecule has 0 heterocycles. The number of thioether (sulfide) groups is 1. The highest BCUT2D eigenvalue weighted by Crippen LogP contribution is 2.50. The van der Waals surface area contributed by atoms with Crippen molar-refractivity contribution in [2.45, 2.75) is 96.5 Å². The Morgan fingerprint density at radius 2 is 1.52 bits per heavy atom. The van der Waals surface area contributed by atoms with E-state index in [0.29, 0.717) is 4.75 Å². The number of hydrogen-bond acceptors (Lipinski definition) is 1. The molecule has 3 atom stereocenters. The molecule has 0 bridgehead atoms. The lowest BCUT2D eigenvalue weighted by molar-refractivity contribution is 0.233. The van der Waals surface area contributed by atoms with E-state index in [-0.39, 0.29) is 0 Å². The molecule has 2 fully saturated rings. The molecule has 0 aromatic carbocycles. The van der Waals surface area contributed by atoms with Gasteiger partial charge in [-0.3, -0.25) is 0 Å². The summed E-state index contributed by atoms with van der Waals surface area (Å²) in [6, 6.07) is 0. The molecule has 0 amide bonds. The third-order valence-electron chi connectivity index (χ3n) is 6.43. The molecule has 0 N–H and O–H groups in total. The first-order valence-electron chi connectivity index (χ1n) is 9.48. The fourth-order valence-corrected chi connectivity index (χ4v) is 6.90. The van der Waals surface area contributed by atoms with E-state index in [9.17, 15) is 0 Å². The van der Waals surface area contributed by atoms with Crippen LogP contribution in [0.25, 0.3) is 0 Å². The Kier molecular flexibility index (Phi) is 6.14. The third kappa shape index (κ3) is 4.66. The zero-order chi connectivity index (χ0) is 15.6. The molecule has 2 aliphatic rings. The van der Waals surface area contributed by atoms with Gasteiger partial charge < -0.3 is 0 Å². The number of hydrogen-bond donors (Lipinski definition) is 0. The zero-order valence-electron chi connectivity index (χ0n) is 15.3. The van der Waals surface area contributed by atoms with E-state index < -0.39 is 0 Å². The minimum atomic E-state index is 0.570. The summed E-state index contributed by atoms with van der Waals surface area (Å²) in [5, 5.41) is 0.925. The minimum absolute atomic E-state index is 0.570. The van der Waals surface area contributed by atoms with E-state index in [1.165, 1.54) is 44.9 Å². The van der Waals surface area contributed by atoms with Gasteiger partial charge in [-0.05, 0) is 68.1 Å². The topological polar surface area (TPSA) is 0 Å². The second-order valence-electron chi connectivity index (χ2n) is 9.01. The Labute approximate surface area is 138 Å². The van der Waals surface area contributed by atoms with Crippen molar-refractivity contribution in [2.24, 2.45) is 29.6 Å². The predicted molar refractivity (Wildman–Crippen MR) is 97.9 cm³/mol. The molecule has 0 saturated heterocycles. The molecule has 0 aromatic heterocycles. The van der Waals surface area contributed by atoms with E-state index >= 15 is 0 Å². The van der Waals surface area contributed by atoms with Gasteiger partial charge in [0.25, 0.3) is 0 Å². The third-order valence-corrected chi connectivity index (χ3v) is 8.25. The lowest BCUT2D eigenvalue weighted by atomic mass is 9.76. The molecule has 0 aromatic rings. The Morgan fingerprint density at radius 3 is 2.05 bits per heavy atom. The smallest absolute Gasteiger partial charge is 0.0135 e. The summed E-state index contributed by atoms with van der Waals surface area (Å²) in [5.41, 5.74) is 0. The van der Waals surface area contributed by atoms with Crippen LogP contribution >= 0.6 is 11.8 Å². The maximum Gasteiger partial charge on any atom is 0.0135 e. The van der Waals surface area contributed by atoms with E-state index in [1.54, 1.807) is 0 Å². The van der Waals surface area contributed by atoms with Gasteiger partial charge in [-0.15, -0.1) is 0 Å². The van der Waals surface area contributed by atoms with Crippen molar-refractivity contribution >= 4 is 11.8 Å². The largest absolute Gasteiger partial charge is 0.152 e. The van der Waals surface area contributed by atoms with Crippen LogP contribution in [0.5, 0.6) is 0 Å². The van der Waals surface area contributed by atoms with Crippen LogP contribution in [0, 0.1) is 29.6 Å². The average Bonchev–Trinajstić information content (AvgIpc) is 2.38. The second-order valence-corrected chi connectivity index (χ2v) is 10.8. The highest BCUT2D eigenvalue weighted by Gasteiger charge is 2.39. The quantitative estimate of drug-likeness (QED) is 0.551. The Balaban J connectivity index is 1.95. The summed E-state index contributed by atoms with van der Waals surface area (Å²) in [6.07, 6.45) is 10.3. The van der Waals surface area contributed by atoms with Gasteiger partial charge in [0.05, 0.1) is 0 Å². The Bertz CT molecular complexity index is 312. The molecule has 2 rings (SSSR count). The summed E-state index contributed by atoms with van der Waals surface area (Å²) < 4.78 is 0.570. The molecule has 3 unspecified atom stereocenters. The van der Waals surface area contributed by atoms with Gasteiger partial charge in [-0.2, -0.15) is 11.8 Å². The van der Waals surface area contributed by atoms with E-state index in [1.807, 2.05) is 0 Å². The van der Waals surface area contributed by atoms with E-state index in [0.717, 1.165) is 34.8 Å². The van der Waals surface area contributed by atoms with E-state index in [4.69, 9.17) is 0 Å². The maximum absolute atomic E-state index is 2.57. The minimum Gasteiger partial charge on any atom is -0.152 e. The first-order valence-corrected chi connectivity index (χ1v) is 10.4.